The Labute approximate surface area is 309 Å². The van der Waals surface area contributed by atoms with Crippen molar-refractivity contribution in [3.63, 3.8) is 0 Å². The lowest BCUT2D eigenvalue weighted by Crippen LogP contribution is -2.69. The van der Waals surface area contributed by atoms with Crippen LogP contribution in [0.4, 0.5) is 0 Å². The number of aliphatic hydroxyl groups excluding tert-OH is 9. The molecule has 1 aromatic heterocycles. The highest BCUT2D eigenvalue weighted by molar-refractivity contribution is 5.88. The van der Waals surface area contributed by atoms with Crippen LogP contribution in [0.1, 0.15) is 13.8 Å². The molecule has 13 N–H and O–H groups in total. The molecule has 0 saturated carbocycles. The molecule has 3 aliphatic rings. The van der Waals surface area contributed by atoms with E-state index in [4.69, 9.17) is 32.8 Å². The molecule has 304 valence electrons. The molecule has 0 bridgehead atoms. The van der Waals surface area contributed by atoms with E-state index >= 15 is 0 Å². The third-order valence-corrected chi connectivity index (χ3v) is 9.78. The van der Waals surface area contributed by atoms with E-state index in [1.165, 1.54) is 13.0 Å². The Morgan fingerprint density at radius 2 is 1.42 bits per heavy atom. The molecule has 3 aliphatic heterocycles. The van der Waals surface area contributed by atoms with Crippen LogP contribution in [0.2, 0.25) is 0 Å². The molecule has 0 radical (unpaired) electrons. The fourth-order valence-electron chi connectivity index (χ4n) is 6.62. The number of benzene rings is 2. The Balaban J connectivity index is 1.40. The average Bonchev–Trinajstić information content (AvgIpc) is 3.14. The third-order valence-electron chi connectivity index (χ3n) is 9.78. The summed E-state index contributed by atoms with van der Waals surface area (Å²) in [6.45, 7) is 0.824. The van der Waals surface area contributed by atoms with Crippen LogP contribution in [0.15, 0.2) is 39.5 Å². The van der Waals surface area contributed by atoms with Gasteiger partial charge in [0.1, 0.15) is 89.6 Å². The molecular weight excluding hydrogens is 744 g/mol. The van der Waals surface area contributed by atoms with Gasteiger partial charge >= 0.3 is 0 Å². The van der Waals surface area contributed by atoms with Crippen LogP contribution in [0.3, 0.4) is 0 Å². The highest BCUT2D eigenvalue weighted by atomic mass is 16.8. The molecule has 21 heteroatoms. The number of ether oxygens (including phenoxy) is 6. The van der Waals surface area contributed by atoms with E-state index in [2.05, 4.69) is 0 Å². The number of phenolic OH excluding ortho intramolecular Hbond substituents is 4. The summed E-state index contributed by atoms with van der Waals surface area (Å²) < 4.78 is 40.3. The van der Waals surface area contributed by atoms with Crippen molar-refractivity contribution in [3.05, 3.63) is 40.6 Å². The van der Waals surface area contributed by atoms with Crippen LogP contribution in [0, 0.1) is 0 Å². The molecule has 55 heavy (non-hydrogen) atoms. The minimum Gasteiger partial charge on any atom is -0.508 e. The van der Waals surface area contributed by atoms with E-state index in [-0.39, 0.29) is 11.1 Å². The molecular formula is C34H42O21. The molecule has 2 aromatic carbocycles. The number of fused-ring (bicyclic) bond motifs is 1. The van der Waals surface area contributed by atoms with E-state index < -0.39 is 150 Å². The summed E-state index contributed by atoms with van der Waals surface area (Å²) in [5.74, 6) is -6.28. The number of aliphatic hydroxyl groups is 9. The zero-order valence-corrected chi connectivity index (χ0v) is 29.0. The molecule has 0 spiro atoms. The van der Waals surface area contributed by atoms with Gasteiger partial charge in [-0.1, -0.05) is 0 Å². The summed E-state index contributed by atoms with van der Waals surface area (Å²) >= 11 is 0. The van der Waals surface area contributed by atoms with E-state index in [1.807, 2.05) is 0 Å². The fraction of sp³-hybridized carbons (Fsp3) is 0.559. The van der Waals surface area contributed by atoms with Gasteiger partial charge in [0.2, 0.25) is 17.0 Å². The molecule has 3 saturated heterocycles. The minimum atomic E-state index is -2.53. The first-order valence-corrected chi connectivity index (χ1v) is 16.9. The standard InChI is InChI=1S/C34H42O21/c1-10-20(40)23(43)25(45)32(50-10)49-9-18-29(53-33-26(46)24(44)21(41)17(8-35)52-33)27(47)31(48)34(2,54-18)55-30-22(42)19-15(39)6-12(36)7-16(19)51-28(30)11-3-4-13(37)14(38)5-11/h3-7,10,17-18,20-21,23-27,29,31-33,35-41,43-48H,8-9H2,1-2H3/t10?,17?,18?,20-,21-,23-,24-,25?,26?,27-,29-,31?,32+,33-,34-/m0/s1. The van der Waals surface area contributed by atoms with Crippen molar-refractivity contribution in [1.29, 1.82) is 0 Å². The zero-order valence-electron chi connectivity index (χ0n) is 29.0. The van der Waals surface area contributed by atoms with Crippen molar-refractivity contribution in [1.82, 2.24) is 0 Å². The highest BCUT2D eigenvalue weighted by Gasteiger charge is 2.57. The second-order valence-electron chi connectivity index (χ2n) is 13.7. The molecule has 0 aliphatic carbocycles. The predicted molar refractivity (Wildman–Crippen MR) is 177 cm³/mol. The smallest absolute Gasteiger partial charge is 0.239 e. The van der Waals surface area contributed by atoms with Gasteiger partial charge in [0.15, 0.2) is 29.8 Å². The predicted octanol–water partition coefficient (Wildman–Crippen LogP) is -3.47. The maximum Gasteiger partial charge on any atom is 0.239 e. The summed E-state index contributed by atoms with van der Waals surface area (Å²) in [6.07, 6.45) is -24.7. The minimum absolute atomic E-state index is 0.108. The summed E-state index contributed by atoms with van der Waals surface area (Å²) in [5.41, 5.74) is -1.58. The van der Waals surface area contributed by atoms with Gasteiger partial charge < -0.3 is 99.2 Å². The highest BCUT2D eigenvalue weighted by Crippen LogP contribution is 2.42. The molecule has 6 rings (SSSR count). The monoisotopic (exact) mass is 786 g/mol. The number of aromatic hydroxyl groups is 4. The quantitative estimate of drug-likeness (QED) is 0.0937. The molecule has 0 amide bonds. The largest absolute Gasteiger partial charge is 0.508 e. The van der Waals surface area contributed by atoms with Crippen LogP contribution in [0.25, 0.3) is 22.3 Å². The Kier molecular flexibility index (Phi) is 11.5. The zero-order chi connectivity index (χ0) is 40.3. The average molecular weight is 787 g/mol. The molecule has 15 atom stereocenters. The van der Waals surface area contributed by atoms with Crippen molar-refractivity contribution in [2.24, 2.45) is 0 Å². The van der Waals surface area contributed by atoms with Gasteiger partial charge in [-0.15, -0.1) is 0 Å². The van der Waals surface area contributed by atoms with Crippen LogP contribution in [0.5, 0.6) is 28.7 Å². The number of phenols is 4. The SMILES string of the molecule is CC1O[C@@H](OCC2O[C@@](C)(Oc3c(-c4ccc(O)c(O)c4)oc4cc(O)cc(O)c4c3=O)C(O)[C@@H](O)[C@H]2O[C@@H]2OC(CO)[C@H](O)[C@H](O)C2O)C(O)[C@@H](O)[C@H]1O. The lowest BCUT2D eigenvalue weighted by atomic mass is 9.92. The van der Waals surface area contributed by atoms with E-state index in [0.29, 0.717) is 0 Å². The lowest BCUT2D eigenvalue weighted by molar-refractivity contribution is -0.379. The third kappa shape index (κ3) is 7.52. The summed E-state index contributed by atoms with van der Waals surface area (Å²) in [4.78, 5) is 14.0. The Hall–Kier alpha value is -3.91. The maximum atomic E-state index is 14.0. The van der Waals surface area contributed by atoms with Crippen LogP contribution < -0.4 is 10.2 Å². The number of hydrogen-bond donors (Lipinski definition) is 13. The van der Waals surface area contributed by atoms with Gasteiger partial charge in [0, 0.05) is 24.6 Å². The van der Waals surface area contributed by atoms with Crippen molar-refractivity contribution in [2.75, 3.05) is 13.2 Å². The first-order valence-electron chi connectivity index (χ1n) is 16.9. The second-order valence-corrected chi connectivity index (χ2v) is 13.7. The Morgan fingerprint density at radius 3 is 2.09 bits per heavy atom. The van der Waals surface area contributed by atoms with Gasteiger partial charge in [-0.2, -0.15) is 0 Å². The van der Waals surface area contributed by atoms with E-state index in [9.17, 15) is 71.2 Å². The Morgan fingerprint density at radius 1 is 0.745 bits per heavy atom. The van der Waals surface area contributed by atoms with Gasteiger partial charge in [0.25, 0.3) is 0 Å². The van der Waals surface area contributed by atoms with Gasteiger partial charge in [0.05, 0.1) is 19.3 Å². The fourth-order valence-corrected chi connectivity index (χ4v) is 6.62. The normalized spacial score (nSPS) is 38.2. The van der Waals surface area contributed by atoms with Crippen molar-refractivity contribution in [2.45, 2.75) is 105 Å². The number of rotatable bonds is 9. The Bertz CT molecular complexity index is 1900. The molecule has 6 unspecified atom stereocenters. The number of hydrogen-bond acceptors (Lipinski definition) is 21. The molecule has 4 heterocycles. The second kappa shape index (κ2) is 15.6. The van der Waals surface area contributed by atoms with Crippen LogP contribution in [-0.4, -0.2) is 171 Å². The molecule has 21 nitrogen and oxygen atoms in total. The van der Waals surface area contributed by atoms with Crippen LogP contribution in [-0.2, 0) is 23.7 Å². The first kappa shape index (κ1) is 40.7. The molecule has 3 aromatic rings. The van der Waals surface area contributed by atoms with Gasteiger partial charge in [-0.05, 0) is 25.1 Å². The topological polar surface area (TPSA) is 349 Å². The van der Waals surface area contributed by atoms with E-state index in [0.717, 1.165) is 31.2 Å². The summed E-state index contributed by atoms with van der Waals surface area (Å²) in [7, 11) is 0. The maximum absolute atomic E-state index is 14.0. The van der Waals surface area contributed by atoms with Gasteiger partial charge in [-0.25, -0.2) is 0 Å². The lowest BCUT2D eigenvalue weighted by Gasteiger charge is -2.50. The van der Waals surface area contributed by atoms with Gasteiger partial charge in [-0.3, -0.25) is 4.79 Å². The van der Waals surface area contributed by atoms with Crippen LogP contribution >= 0.6 is 0 Å². The summed E-state index contributed by atoms with van der Waals surface area (Å²) in [6, 6.07) is 5.05. The van der Waals surface area contributed by atoms with Crippen molar-refractivity contribution in [3.8, 4) is 40.1 Å². The summed E-state index contributed by atoms with van der Waals surface area (Å²) in [5, 5.41) is 135. The van der Waals surface area contributed by atoms with Crippen molar-refractivity contribution >= 4 is 11.0 Å². The first-order chi connectivity index (χ1) is 25.9. The van der Waals surface area contributed by atoms with E-state index in [1.54, 1.807) is 0 Å². The van der Waals surface area contributed by atoms with Crippen molar-refractivity contribution < 1.29 is 99.2 Å². The molecule has 3 fully saturated rings.